The molecule has 1 fully saturated rings. The van der Waals surface area contributed by atoms with E-state index in [2.05, 4.69) is 16.8 Å². The monoisotopic (exact) mass is 277 g/mol. The molecule has 0 spiro atoms. The predicted molar refractivity (Wildman–Crippen MR) is 79.8 cm³/mol. The Bertz CT molecular complexity index is 570. The Morgan fingerprint density at radius 3 is 3.11 bits per heavy atom. The van der Waals surface area contributed by atoms with E-state index in [-0.39, 0.29) is 0 Å². The summed E-state index contributed by atoms with van der Waals surface area (Å²) in [4.78, 5) is 4.80. The summed E-state index contributed by atoms with van der Waals surface area (Å²) in [7, 11) is 0. The number of nitrogens with zero attached hydrogens (tertiary/aromatic N) is 2. The second-order valence-electron chi connectivity index (χ2n) is 5.31. The SMILES string of the molecule is CCCn1c(CC2CCCN2)nc2ccc(Cl)cc21. The molecule has 0 amide bonds. The number of hydrogen-bond acceptors (Lipinski definition) is 2. The molecule has 2 heterocycles. The van der Waals surface area contributed by atoms with Gasteiger partial charge in [-0.15, -0.1) is 0 Å². The number of fused-ring (bicyclic) bond motifs is 1. The Morgan fingerprint density at radius 2 is 2.37 bits per heavy atom. The largest absolute Gasteiger partial charge is 0.328 e. The maximum atomic E-state index is 6.12. The van der Waals surface area contributed by atoms with Crippen LogP contribution in [0.5, 0.6) is 0 Å². The summed E-state index contributed by atoms with van der Waals surface area (Å²) in [5.41, 5.74) is 2.23. The van der Waals surface area contributed by atoms with E-state index >= 15 is 0 Å². The molecule has 19 heavy (non-hydrogen) atoms. The van der Waals surface area contributed by atoms with E-state index < -0.39 is 0 Å². The number of rotatable bonds is 4. The predicted octanol–water partition coefficient (Wildman–Crippen LogP) is 3.39. The van der Waals surface area contributed by atoms with Gasteiger partial charge in [0.1, 0.15) is 5.82 Å². The van der Waals surface area contributed by atoms with Gasteiger partial charge >= 0.3 is 0 Å². The van der Waals surface area contributed by atoms with Crippen LogP contribution in [0.4, 0.5) is 0 Å². The molecule has 1 aliphatic rings. The maximum Gasteiger partial charge on any atom is 0.111 e. The standard InChI is InChI=1S/C15H20ClN3/c1-2-8-19-14-9-11(16)5-6-13(14)18-15(19)10-12-4-3-7-17-12/h5-6,9,12,17H,2-4,7-8,10H2,1H3. The average Bonchev–Trinajstić information content (AvgIpc) is 3.00. The van der Waals surface area contributed by atoms with Gasteiger partial charge in [0, 0.05) is 24.0 Å². The molecule has 1 atom stereocenters. The molecular weight excluding hydrogens is 258 g/mol. The minimum absolute atomic E-state index is 0.586. The van der Waals surface area contributed by atoms with Crippen LogP contribution in [0.1, 0.15) is 32.0 Å². The van der Waals surface area contributed by atoms with E-state index in [1.807, 2.05) is 18.2 Å². The van der Waals surface area contributed by atoms with Crippen molar-refractivity contribution in [2.24, 2.45) is 0 Å². The smallest absolute Gasteiger partial charge is 0.111 e. The van der Waals surface area contributed by atoms with Crippen molar-refractivity contribution < 1.29 is 0 Å². The van der Waals surface area contributed by atoms with Crippen molar-refractivity contribution in [1.82, 2.24) is 14.9 Å². The topological polar surface area (TPSA) is 29.9 Å². The molecular formula is C15H20ClN3. The Balaban J connectivity index is 1.98. The zero-order chi connectivity index (χ0) is 13.2. The summed E-state index contributed by atoms with van der Waals surface area (Å²) in [6, 6.07) is 6.56. The summed E-state index contributed by atoms with van der Waals surface area (Å²) in [6.07, 6.45) is 4.68. The van der Waals surface area contributed by atoms with Crippen molar-refractivity contribution >= 4 is 22.6 Å². The first-order valence-electron chi connectivity index (χ1n) is 7.16. The lowest BCUT2D eigenvalue weighted by Gasteiger charge is -2.12. The number of imidazole rings is 1. The lowest BCUT2D eigenvalue weighted by molar-refractivity contribution is 0.556. The van der Waals surface area contributed by atoms with E-state index in [1.54, 1.807) is 0 Å². The minimum Gasteiger partial charge on any atom is -0.328 e. The fraction of sp³-hybridized carbons (Fsp3) is 0.533. The second kappa shape index (κ2) is 5.51. The first kappa shape index (κ1) is 12.9. The van der Waals surface area contributed by atoms with E-state index in [1.165, 1.54) is 24.2 Å². The van der Waals surface area contributed by atoms with Crippen LogP contribution in [0.3, 0.4) is 0 Å². The van der Waals surface area contributed by atoms with Gasteiger partial charge in [-0.05, 0) is 44.0 Å². The summed E-state index contributed by atoms with van der Waals surface area (Å²) in [6.45, 7) is 4.36. The lowest BCUT2D eigenvalue weighted by Crippen LogP contribution is -2.25. The van der Waals surface area contributed by atoms with Crippen LogP contribution in [0, 0.1) is 0 Å². The molecule has 2 aromatic rings. The number of aromatic nitrogens is 2. The van der Waals surface area contributed by atoms with Crippen molar-refractivity contribution in [2.75, 3.05) is 6.54 Å². The molecule has 4 heteroatoms. The van der Waals surface area contributed by atoms with Crippen LogP contribution < -0.4 is 5.32 Å². The molecule has 1 unspecified atom stereocenters. The first-order chi connectivity index (χ1) is 9.28. The fourth-order valence-corrected chi connectivity index (χ4v) is 3.09. The van der Waals surface area contributed by atoms with Crippen molar-refractivity contribution in [3.05, 3.63) is 29.0 Å². The fourth-order valence-electron chi connectivity index (χ4n) is 2.93. The summed E-state index contributed by atoms with van der Waals surface area (Å²) in [5, 5.41) is 4.34. The highest BCUT2D eigenvalue weighted by Crippen LogP contribution is 2.23. The van der Waals surface area contributed by atoms with Gasteiger partial charge < -0.3 is 9.88 Å². The molecule has 1 aromatic carbocycles. The van der Waals surface area contributed by atoms with E-state index in [0.29, 0.717) is 6.04 Å². The summed E-state index contributed by atoms with van der Waals surface area (Å²) >= 11 is 6.12. The molecule has 1 saturated heterocycles. The normalized spacial score (nSPS) is 19.4. The molecule has 3 nitrogen and oxygen atoms in total. The average molecular weight is 278 g/mol. The highest BCUT2D eigenvalue weighted by molar-refractivity contribution is 6.31. The van der Waals surface area contributed by atoms with Crippen LogP contribution in [-0.4, -0.2) is 22.1 Å². The van der Waals surface area contributed by atoms with Crippen LogP contribution in [0.15, 0.2) is 18.2 Å². The third kappa shape index (κ3) is 2.63. The van der Waals surface area contributed by atoms with Gasteiger partial charge in [-0.2, -0.15) is 0 Å². The summed E-state index contributed by atoms with van der Waals surface area (Å²) < 4.78 is 2.33. The molecule has 1 aromatic heterocycles. The quantitative estimate of drug-likeness (QED) is 0.928. The highest BCUT2D eigenvalue weighted by Gasteiger charge is 2.18. The highest BCUT2D eigenvalue weighted by atomic mass is 35.5. The van der Waals surface area contributed by atoms with Crippen molar-refractivity contribution in [1.29, 1.82) is 0 Å². The van der Waals surface area contributed by atoms with Gasteiger partial charge in [0.2, 0.25) is 0 Å². The number of nitrogens with one attached hydrogen (secondary N) is 1. The van der Waals surface area contributed by atoms with Crippen LogP contribution in [0.2, 0.25) is 5.02 Å². The molecule has 1 aliphatic heterocycles. The van der Waals surface area contributed by atoms with Gasteiger partial charge in [-0.3, -0.25) is 0 Å². The lowest BCUT2D eigenvalue weighted by atomic mass is 10.1. The number of benzene rings is 1. The van der Waals surface area contributed by atoms with Gasteiger partial charge in [0.25, 0.3) is 0 Å². The number of aryl methyl sites for hydroxylation is 1. The number of halogens is 1. The molecule has 1 N–H and O–H groups in total. The Hall–Kier alpha value is -1.06. The maximum absolute atomic E-state index is 6.12. The summed E-state index contributed by atoms with van der Waals surface area (Å²) in [5.74, 6) is 1.19. The Morgan fingerprint density at radius 1 is 1.47 bits per heavy atom. The minimum atomic E-state index is 0.586. The van der Waals surface area contributed by atoms with E-state index in [9.17, 15) is 0 Å². The molecule has 0 aliphatic carbocycles. The molecule has 0 bridgehead atoms. The third-order valence-electron chi connectivity index (χ3n) is 3.83. The molecule has 3 rings (SSSR count). The van der Waals surface area contributed by atoms with Crippen LogP contribution >= 0.6 is 11.6 Å². The molecule has 0 saturated carbocycles. The van der Waals surface area contributed by atoms with E-state index in [4.69, 9.17) is 16.6 Å². The molecule has 102 valence electrons. The van der Waals surface area contributed by atoms with Crippen LogP contribution in [-0.2, 0) is 13.0 Å². The van der Waals surface area contributed by atoms with Gasteiger partial charge in [0.15, 0.2) is 0 Å². The first-order valence-corrected chi connectivity index (χ1v) is 7.54. The molecule has 0 radical (unpaired) electrons. The zero-order valence-electron chi connectivity index (χ0n) is 11.3. The number of hydrogen-bond donors (Lipinski definition) is 1. The van der Waals surface area contributed by atoms with Crippen molar-refractivity contribution in [2.45, 2.75) is 45.2 Å². The zero-order valence-corrected chi connectivity index (χ0v) is 12.1. The van der Waals surface area contributed by atoms with Gasteiger partial charge in [-0.25, -0.2) is 4.98 Å². The Kier molecular flexibility index (Phi) is 3.76. The van der Waals surface area contributed by atoms with E-state index in [0.717, 1.165) is 36.5 Å². The van der Waals surface area contributed by atoms with Crippen LogP contribution in [0.25, 0.3) is 11.0 Å². The van der Waals surface area contributed by atoms with Gasteiger partial charge in [0.05, 0.1) is 11.0 Å². The second-order valence-corrected chi connectivity index (χ2v) is 5.75. The van der Waals surface area contributed by atoms with Crippen molar-refractivity contribution in [3.8, 4) is 0 Å². The Labute approximate surface area is 119 Å². The van der Waals surface area contributed by atoms with Gasteiger partial charge in [-0.1, -0.05) is 18.5 Å². The third-order valence-corrected chi connectivity index (χ3v) is 4.06. The van der Waals surface area contributed by atoms with Crippen molar-refractivity contribution in [3.63, 3.8) is 0 Å².